The van der Waals surface area contributed by atoms with E-state index < -0.39 is 0 Å². The number of hydrogen-bond donors (Lipinski definition) is 1. The molecule has 1 aliphatic rings. The zero-order valence-corrected chi connectivity index (χ0v) is 11.3. The zero-order valence-electron chi connectivity index (χ0n) is 10.6. The highest BCUT2D eigenvalue weighted by Crippen LogP contribution is 2.44. The van der Waals surface area contributed by atoms with Gasteiger partial charge < -0.3 is 5.73 Å². The van der Waals surface area contributed by atoms with Gasteiger partial charge in [-0.3, -0.25) is 0 Å². The van der Waals surface area contributed by atoms with Crippen molar-refractivity contribution in [3.05, 3.63) is 34.9 Å². The number of nitrogens with two attached hydrogens (primary N) is 1. The van der Waals surface area contributed by atoms with Gasteiger partial charge in [0, 0.05) is 11.1 Å². The molecule has 2 rings (SSSR count). The van der Waals surface area contributed by atoms with Crippen molar-refractivity contribution in [2.24, 2.45) is 11.1 Å². The minimum atomic E-state index is 0.245. The normalized spacial score (nSPS) is 20.4. The zero-order chi connectivity index (χ0) is 12.3. The molecule has 0 bridgehead atoms. The number of benzene rings is 1. The average molecular weight is 252 g/mol. The van der Waals surface area contributed by atoms with Crippen LogP contribution in [0.3, 0.4) is 0 Å². The lowest BCUT2D eigenvalue weighted by molar-refractivity contribution is 0.219. The van der Waals surface area contributed by atoms with Gasteiger partial charge in [0.05, 0.1) is 0 Å². The molecule has 1 unspecified atom stereocenters. The summed E-state index contributed by atoms with van der Waals surface area (Å²) in [7, 11) is 0. The van der Waals surface area contributed by atoms with Crippen LogP contribution in [-0.2, 0) is 6.42 Å². The maximum absolute atomic E-state index is 6.47. The summed E-state index contributed by atoms with van der Waals surface area (Å²) < 4.78 is 0. The molecule has 0 heterocycles. The van der Waals surface area contributed by atoms with E-state index in [1.165, 1.54) is 37.7 Å². The number of rotatable bonds is 4. The predicted molar refractivity (Wildman–Crippen MR) is 74.3 cm³/mol. The van der Waals surface area contributed by atoms with Gasteiger partial charge in [-0.15, -0.1) is 0 Å². The first kappa shape index (κ1) is 12.9. The van der Waals surface area contributed by atoms with Gasteiger partial charge in [-0.05, 0) is 42.7 Å². The SMILES string of the molecule is CCC1(C(N)Cc2ccccc2Cl)CCCC1. The van der Waals surface area contributed by atoms with Crippen LogP contribution < -0.4 is 5.73 Å². The first-order valence-electron chi connectivity index (χ1n) is 6.67. The molecule has 0 saturated heterocycles. The van der Waals surface area contributed by atoms with Crippen molar-refractivity contribution in [1.82, 2.24) is 0 Å². The molecule has 1 saturated carbocycles. The molecule has 1 fully saturated rings. The molecule has 2 N–H and O–H groups in total. The Kier molecular flexibility index (Phi) is 4.11. The first-order chi connectivity index (χ1) is 8.18. The van der Waals surface area contributed by atoms with E-state index in [4.69, 9.17) is 17.3 Å². The van der Waals surface area contributed by atoms with Crippen LogP contribution >= 0.6 is 11.6 Å². The van der Waals surface area contributed by atoms with Crippen LogP contribution in [-0.4, -0.2) is 6.04 Å². The van der Waals surface area contributed by atoms with Gasteiger partial charge >= 0.3 is 0 Å². The summed E-state index contributed by atoms with van der Waals surface area (Å²) in [5, 5.41) is 0.854. The molecule has 0 spiro atoms. The van der Waals surface area contributed by atoms with Crippen LogP contribution in [0.1, 0.15) is 44.6 Å². The second-order valence-corrected chi connectivity index (χ2v) is 5.73. The molecule has 0 radical (unpaired) electrons. The highest BCUT2D eigenvalue weighted by atomic mass is 35.5. The van der Waals surface area contributed by atoms with Crippen molar-refractivity contribution in [3.8, 4) is 0 Å². The number of halogens is 1. The van der Waals surface area contributed by atoms with E-state index in [-0.39, 0.29) is 6.04 Å². The Hall–Kier alpha value is -0.530. The summed E-state index contributed by atoms with van der Waals surface area (Å²) in [6.07, 6.45) is 7.35. The van der Waals surface area contributed by atoms with Crippen molar-refractivity contribution in [1.29, 1.82) is 0 Å². The molecule has 0 aromatic heterocycles. The van der Waals surface area contributed by atoms with Gasteiger partial charge in [0.2, 0.25) is 0 Å². The average Bonchev–Trinajstić information content (AvgIpc) is 2.82. The Morgan fingerprint density at radius 3 is 2.53 bits per heavy atom. The van der Waals surface area contributed by atoms with Crippen LogP contribution in [0, 0.1) is 5.41 Å². The van der Waals surface area contributed by atoms with Crippen LogP contribution in [0.5, 0.6) is 0 Å². The van der Waals surface area contributed by atoms with Gasteiger partial charge in [0.15, 0.2) is 0 Å². The lowest BCUT2D eigenvalue weighted by Crippen LogP contribution is -2.41. The van der Waals surface area contributed by atoms with E-state index in [2.05, 4.69) is 13.0 Å². The standard InChI is InChI=1S/C15H22ClN/c1-2-15(9-5-6-10-15)14(17)11-12-7-3-4-8-13(12)16/h3-4,7-8,14H,2,5-6,9-11,17H2,1H3. The summed E-state index contributed by atoms with van der Waals surface area (Å²) in [4.78, 5) is 0. The molecule has 1 nitrogen and oxygen atoms in total. The fourth-order valence-electron chi connectivity index (χ4n) is 3.18. The fraction of sp³-hybridized carbons (Fsp3) is 0.600. The molecule has 17 heavy (non-hydrogen) atoms. The maximum atomic E-state index is 6.47. The molecule has 2 heteroatoms. The van der Waals surface area contributed by atoms with Crippen molar-refractivity contribution in [2.75, 3.05) is 0 Å². The fourth-order valence-corrected chi connectivity index (χ4v) is 3.40. The van der Waals surface area contributed by atoms with E-state index in [0.717, 1.165) is 11.4 Å². The minimum Gasteiger partial charge on any atom is -0.327 e. The monoisotopic (exact) mass is 251 g/mol. The molecule has 1 aliphatic carbocycles. The Morgan fingerprint density at radius 1 is 1.29 bits per heavy atom. The molecule has 1 aromatic rings. The predicted octanol–water partition coefficient (Wildman–Crippen LogP) is 4.18. The molecular weight excluding hydrogens is 230 g/mol. The van der Waals surface area contributed by atoms with Gasteiger partial charge in [0.25, 0.3) is 0 Å². The van der Waals surface area contributed by atoms with E-state index in [1.54, 1.807) is 0 Å². The molecule has 0 aliphatic heterocycles. The van der Waals surface area contributed by atoms with Gasteiger partial charge in [-0.1, -0.05) is 49.6 Å². The molecule has 1 atom stereocenters. The molecule has 0 amide bonds. The molecule has 1 aromatic carbocycles. The van der Waals surface area contributed by atoms with Gasteiger partial charge in [-0.2, -0.15) is 0 Å². The summed E-state index contributed by atoms with van der Waals surface area (Å²) in [6.45, 7) is 2.28. The lowest BCUT2D eigenvalue weighted by Gasteiger charge is -2.34. The van der Waals surface area contributed by atoms with Crippen molar-refractivity contribution >= 4 is 11.6 Å². The quantitative estimate of drug-likeness (QED) is 0.854. The summed E-state index contributed by atoms with van der Waals surface area (Å²) in [6, 6.07) is 8.32. The lowest BCUT2D eigenvalue weighted by atomic mass is 9.74. The maximum Gasteiger partial charge on any atom is 0.0438 e. The third-order valence-corrected chi connectivity index (χ3v) is 4.86. The summed E-state index contributed by atoms with van der Waals surface area (Å²) >= 11 is 6.21. The first-order valence-corrected chi connectivity index (χ1v) is 7.05. The van der Waals surface area contributed by atoms with Crippen LogP contribution in [0.2, 0.25) is 5.02 Å². The third-order valence-electron chi connectivity index (χ3n) is 4.49. The van der Waals surface area contributed by atoms with E-state index in [0.29, 0.717) is 5.41 Å². The summed E-state index contributed by atoms with van der Waals surface area (Å²) in [5.41, 5.74) is 8.02. The van der Waals surface area contributed by atoms with Crippen LogP contribution in [0.4, 0.5) is 0 Å². The Bertz CT molecular complexity index is 369. The van der Waals surface area contributed by atoms with Crippen LogP contribution in [0.15, 0.2) is 24.3 Å². The Morgan fingerprint density at radius 2 is 1.94 bits per heavy atom. The molecule has 94 valence electrons. The second-order valence-electron chi connectivity index (χ2n) is 5.33. The van der Waals surface area contributed by atoms with Gasteiger partial charge in [0.1, 0.15) is 0 Å². The van der Waals surface area contributed by atoms with Gasteiger partial charge in [-0.25, -0.2) is 0 Å². The van der Waals surface area contributed by atoms with Crippen LogP contribution in [0.25, 0.3) is 0 Å². The molecular formula is C15H22ClN. The topological polar surface area (TPSA) is 26.0 Å². The largest absolute Gasteiger partial charge is 0.327 e. The second kappa shape index (κ2) is 5.41. The number of hydrogen-bond acceptors (Lipinski definition) is 1. The summed E-state index contributed by atoms with van der Waals surface area (Å²) in [5.74, 6) is 0. The van der Waals surface area contributed by atoms with E-state index in [1.807, 2.05) is 18.2 Å². The van der Waals surface area contributed by atoms with Crippen molar-refractivity contribution in [3.63, 3.8) is 0 Å². The van der Waals surface area contributed by atoms with Crippen molar-refractivity contribution < 1.29 is 0 Å². The Balaban J connectivity index is 2.10. The van der Waals surface area contributed by atoms with Crippen molar-refractivity contribution in [2.45, 2.75) is 51.5 Å². The van der Waals surface area contributed by atoms with E-state index >= 15 is 0 Å². The highest BCUT2D eigenvalue weighted by Gasteiger charge is 2.37. The minimum absolute atomic E-state index is 0.245. The van der Waals surface area contributed by atoms with E-state index in [9.17, 15) is 0 Å². The Labute approximate surface area is 109 Å². The highest BCUT2D eigenvalue weighted by molar-refractivity contribution is 6.31. The smallest absolute Gasteiger partial charge is 0.0438 e. The third kappa shape index (κ3) is 2.66.